The highest BCUT2D eigenvalue weighted by atomic mass is 16.5. The van der Waals surface area contributed by atoms with Gasteiger partial charge in [0.25, 0.3) is 0 Å². The number of nitrogens with zero attached hydrogens (tertiary/aromatic N) is 1. The molecular formula is C27H27NO4. The highest BCUT2D eigenvalue weighted by Gasteiger charge is 2.72. The van der Waals surface area contributed by atoms with E-state index in [4.69, 9.17) is 14.2 Å². The van der Waals surface area contributed by atoms with Gasteiger partial charge in [0.1, 0.15) is 5.60 Å². The van der Waals surface area contributed by atoms with Gasteiger partial charge in [-0.15, -0.1) is 0 Å². The van der Waals surface area contributed by atoms with Gasteiger partial charge in [0.05, 0.1) is 19.1 Å². The Balaban J connectivity index is 1.47. The first-order valence-corrected chi connectivity index (χ1v) is 11.3. The third-order valence-electron chi connectivity index (χ3n) is 7.84. The van der Waals surface area contributed by atoms with Crippen LogP contribution >= 0.6 is 0 Å². The number of benzene rings is 2. The van der Waals surface area contributed by atoms with E-state index in [0.717, 1.165) is 36.3 Å². The molecule has 1 saturated heterocycles. The van der Waals surface area contributed by atoms with E-state index in [1.54, 1.807) is 13.2 Å². The van der Waals surface area contributed by atoms with Gasteiger partial charge >= 0.3 is 0 Å². The molecule has 2 aromatic carbocycles. The average molecular weight is 430 g/mol. The molecule has 0 saturated carbocycles. The molecule has 4 aliphatic rings. The van der Waals surface area contributed by atoms with E-state index in [1.165, 1.54) is 5.56 Å². The van der Waals surface area contributed by atoms with Crippen molar-refractivity contribution in [3.8, 4) is 11.5 Å². The summed E-state index contributed by atoms with van der Waals surface area (Å²) in [5, 5.41) is 0. The molecule has 6 rings (SSSR count). The smallest absolute Gasteiger partial charge is 0.196 e. The largest absolute Gasteiger partial charge is 0.493 e. The quantitative estimate of drug-likeness (QED) is 0.727. The van der Waals surface area contributed by atoms with E-state index in [-0.39, 0.29) is 11.8 Å². The van der Waals surface area contributed by atoms with Crippen LogP contribution in [0.15, 0.2) is 60.7 Å². The molecule has 1 fully saturated rings. The maximum absolute atomic E-state index is 13.1. The molecular weight excluding hydrogens is 402 g/mol. The van der Waals surface area contributed by atoms with Gasteiger partial charge in [-0.25, -0.2) is 0 Å². The fraction of sp³-hybridized carbons (Fsp3) is 0.370. The van der Waals surface area contributed by atoms with Crippen molar-refractivity contribution in [3.63, 3.8) is 0 Å². The molecule has 2 aliphatic heterocycles. The Morgan fingerprint density at radius 1 is 1.22 bits per heavy atom. The summed E-state index contributed by atoms with van der Waals surface area (Å²) in [6.45, 7) is 1.35. The minimum absolute atomic E-state index is 0.0125. The Kier molecular flexibility index (Phi) is 4.36. The van der Waals surface area contributed by atoms with Crippen molar-refractivity contribution in [1.82, 2.24) is 4.90 Å². The van der Waals surface area contributed by atoms with Crippen molar-refractivity contribution in [1.29, 1.82) is 0 Å². The number of ether oxygens (including phenoxy) is 3. The van der Waals surface area contributed by atoms with Gasteiger partial charge in [-0.2, -0.15) is 0 Å². The Bertz CT molecular complexity index is 1140. The van der Waals surface area contributed by atoms with Gasteiger partial charge in [-0.05, 0) is 55.8 Å². The van der Waals surface area contributed by atoms with E-state index in [2.05, 4.69) is 42.3 Å². The first-order valence-electron chi connectivity index (χ1n) is 11.3. The lowest BCUT2D eigenvalue weighted by Crippen LogP contribution is -2.75. The third kappa shape index (κ3) is 2.44. The number of hydrogen-bond acceptors (Lipinski definition) is 5. The maximum Gasteiger partial charge on any atom is 0.196 e. The predicted molar refractivity (Wildman–Crippen MR) is 122 cm³/mol. The van der Waals surface area contributed by atoms with Crippen molar-refractivity contribution in [2.45, 2.75) is 36.0 Å². The summed E-state index contributed by atoms with van der Waals surface area (Å²) in [7, 11) is 3.81. The number of piperidine rings is 1. The molecule has 0 unspecified atom stereocenters. The molecule has 4 atom stereocenters. The van der Waals surface area contributed by atoms with Crippen LogP contribution in [0.5, 0.6) is 11.5 Å². The summed E-state index contributed by atoms with van der Waals surface area (Å²) in [5.74, 6) is 1.43. The van der Waals surface area contributed by atoms with Gasteiger partial charge in [-0.3, -0.25) is 9.69 Å². The fourth-order valence-corrected chi connectivity index (χ4v) is 6.45. The van der Waals surface area contributed by atoms with Gasteiger partial charge in [0.15, 0.2) is 23.4 Å². The van der Waals surface area contributed by atoms with Crippen LogP contribution in [0.2, 0.25) is 0 Å². The number of likely N-dealkylation sites (tertiary alicyclic amines) is 1. The van der Waals surface area contributed by atoms with E-state index in [9.17, 15) is 4.79 Å². The van der Waals surface area contributed by atoms with Crippen LogP contribution in [0.25, 0.3) is 6.08 Å². The second-order valence-electron chi connectivity index (χ2n) is 9.20. The van der Waals surface area contributed by atoms with Gasteiger partial charge in [0.2, 0.25) is 0 Å². The zero-order valence-corrected chi connectivity index (χ0v) is 18.4. The van der Waals surface area contributed by atoms with Gasteiger partial charge in [-0.1, -0.05) is 48.6 Å². The standard InChI is InChI=1S/C27H27NO4/c1-28-15-14-26-23-19-10-11-21(30-2)24(23)32-25(26)20(29)12-13-27(26,22(28)17-19)31-16-6-9-18-7-4-3-5-8-18/h3-13,22,25H,14-17H2,1-2H3/b9-6+/t22-,25+,26+,27-/m1/s1. The highest BCUT2D eigenvalue weighted by Crippen LogP contribution is 2.64. The normalized spacial score (nSPS) is 32.1. The first-order chi connectivity index (χ1) is 15.6. The van der Waals surface area contributed by atoms with Crippen LogP contribution in [0.3, 0.4) is 0 Å². The van der Waals surface area contributed by atoms with Crippen LogP contribution in [0.4, 0.5) is 0 Å². The minimum atomic E-state index is -0.635. The summed E-state index contributed by atoms with van der Waals surface area (Å²) in [6.07, 6.45) is 8.93. The number of hydrogen-bond donors (Lipinski definition) is 0. The summed E-state index contributed by atoms with van der Waals surface area (Å²) in [5.41, 5.74) is 2.33. The number of ketones is 1. The van der Waals surface area contributed by atoms with E-state index in [1.807, 2.05) is 30.3 Å². The molecule has 1 spiro atoms. The van der Waals surface area contributed by atoms with Crippen LogP contribution in [-0.4, -0.2) is 55.7 Å². The van der Waals surface area contributed by atoms with Gasteiger partial charge < -0.3 is 14.2 Å². The molecule has 5 heteroatoms. The van der Waals surface area contributed by atoms with Crippen molar-refractivity contribution in [2.24, 2.45) is 0 Å². The predicted octanol–water partition coefficient (Wildman–Crippen LogP) is 3.56. The summed E-state index contributed by atoms with van der Waals surface area (Å²) < 4.78 is 18.9. The second kappa shape index (κ2) is 7.06. The summed E-state index contributed by atoms with van der Waals surface area (Å²) >= 11 is 0. The molecule has 2 heterocycles. The van der Waals surface area contributed by atoms with E-state index < -0.39 is 17.1 Å². The molecule has 0 radical (unpaired) electrons. The molecule has 5 nitrogen and oxygen atoms in total. The molecule has 164 valence electrons. The van der Waals surface area contributed by atoms with Crippen molar-refractivity contribution in [2.75, 3.05) is 27.3 Å². The molecule has 0 aromatic heterocycles. The maximum atomic E-state index is 13.1. The first kappa shape index (κ1) is 19.8. The zero-order valence-electron chi connectivity index (χ0n) is 18.4. The minimum Gasteiger partial charge on any atom is -0.493 e. The number of carbonyl (C=O) groups is 1. The Morgan fingerprint density at radius 3 is 2.88 bits per heavy atom. The molecule has 0 N–H and O–H groups in total. The van der Waals surface area contributed by atoms with E-state index >= 15 is 0 Å². The van der Waals surface area contributed by atoms with Crippen molar-refractivity contribution >= 4 is 11.9 Å². The van der Waals surface area contributed by atoms with Crippen molar-refractivity contribution < 1.29 is 19.0 Å². The summed E-state index contributed by atoms with van der Waals surface area (Å²) in [6, 6.07) is 14.4. The fourth-order valence-electron chi connectivity index (χ4n) is 6.45. The Labute approximate surface area is 188 Å². The lowest BCUT2D eigenvalue weighted by molar-refractivity contribution is -0.169. The molecule has 0 amide bonds. The summed E-state index contributed by atoms with van der Waals surface area (Å²) in [4.78, 5) is 15.5. The van der Waals surface area contributed by atoms with Crippen LogP contribution < -0.4 is 9.47 Å². The van der Waals surface area contributed by atoms with Crippen LogP contribution in [-0.2, 0) is 21.4 Å². The van der Waals surface area contributed by atoms with Crippen molar-refractivity contribution in [3.05, 3.63) is 77.4 Å². The monoisotopic (exact) mass is 429 g/mol. The highest BCUT2D eigenvalue weighted by molar-refractivity contribution is 5.99. The lowest BCUT2D eigenvalue weighted by Gasteiger charge is -2.62. The van der Waals surface area contributed by atoms with E-state index in [0.29, 0.717) is 12.4 Å². The molecule has 32 heavy (non-hydrogen) atoms. The number of likely N-dealkylation sites (N-methyl/N-ethyl adjacent to an activating group) is 1. The average Bonchev–Trinajstić information content (AvgIpc) is 3.18. The number of rotatable bonds is 5. The molecule has 2 aromatic rings. The SMILES string of the molecule is COc1ccc2c3c1O[C@H]1C(=O)C=C[C@@]4(OC/C=C/c5ccccc5)[C@@H](C2)N(C)CC[C@]314. The topological polar surface area (TPSA) is 48.0 Å². The second-order valence-corrected chi connectivity index (χ2v) is 9.20. The lowest BCUT2D eigenvalue weighted by atomic mass is 9.50. The number of methoxy groups -OCH3 is 1. The van der Waals surface area contributed by atoms with Crippen LogP contribution in [0, 0.1) is 0 Å². The zero-order chi connectivity index (χ0) is 21.9. The Morgan fingerprint density at radius 2 is 2.06 bits per heavy atom. The number of carbonyl (C=O) groups excluding carboxylic acids is 1. The third-order valence-corrected chi connectivity index (χ3v) is 7.84. The van der Waals surface area contributed by atoms with Crippen LogP contribution in [0.1, 0.15) is 23.1 Å². The Hall–Kier alpha value is -2.89. The molecule has 2 bridgehead atoms. The molecule has 2 aliphatic carbocycles. The van der Waals surface area contributed by atoms with Gasteiger partial charge in [0, 0.05) is 11.6 Å².